The van der Waals surface area contributed by atoms with Crippen LogP contribution in [0.2, 0.25) is 5.02 Å². The number of pyridine rings is 1. The topological polar surface area (TPSA) is 94.6 Å². The lowest BCUT2D eigenvalue weighted by Gasteiger charge is -2.15. The van der Waals surface area contributed by atoms with Crippen LogP contribution in [0.4, 0.5) is 0 Å². The second-order valence-corrected chi connectivity index (χ2v) is 4.21. The van der Waals surface area contributed by atoms with E-state index in [1.54, 1.807) is 13.8 Å². The fourth-order valence-electron chi connectivity index (χ4n) is 1.40. The van der Waals surface area contributed by atoms with Crippen LogP contribution < -0.4 is 5.32 Å². The van der Waals surface area contributed by atoms with Gasteiger partial charge in [-0.1, -0.05) is 11.6 Å². The van der Waals surface area contributed by atoms with E-state index in [2.05, 4.69) is 10.3 Å². The molecule has 1 aromatic rings. The zero-order chi connectivity index (χ0) is 15.8. The summed E-state index contributed by atoms with van der Waals surface area (Å²) in [5.41, 5.74) is -0.0268. The van der Waals surface area contributed by atoms with Crippen LogP contribution in [0.1, 0.15) is 24.3 Å². The van der Waals surface area contributed by atoms with Gasteiger partial charge in [-0.2, -0.15) is 0 Å². The largest absolute Gasteiger partial charge is 0.464 e. The Morgan fingerprint density at radius 1 is 1.24 bits per heavy atom. The van der Waals surface area contributed by atoms with E-state index >= 15 is 0 Å². The van der Waals surface area contributed by atoms with Gasteiger partial charge in [-0.15, -0.1) is 0 Å². The van der Waals surface area contributed by atoms with Crippen molar-refractivity contribution in [3.05, 3.63) is 29.0 Å². The summed E-state index contributed by atoms with van der Waals surface area (Å²) in [5, 5.41) is 2.53. The normalized spacial score (nSPS) is 10.1. The van der Waals surface area contributed by atoms with Gasteiger partial charge in [0.25, 0.3) is 5.91 Å². The average molecular weight is 315 g/mol. The van der Waals surface area contributed by atoms with E-state index in [1.807, 2.05) is 0 Å². The Balaban J connectivity index is 2.87. The van der Waals surface area contributed by atoms with Gasteiger partial charge in [-0.05, 0) is 26.0 Å². The molecule has 1 heterocycles. The van der Waals surface area contributed by atoms with Gasteiger partial charge in [0.15, 0.2) is 0 Å². The molecule has 0 atom stereocenters. The maximum absolute atomic E-state index is 12.0. The molecular formula is C13H15ClN2O5. The molecule has 1 aromatic heterocycles. The molecule has 0 unspecified atom stereocenters. The fraction of sp³-hybridized carbons (Fsp3) is 0.385. The number of hydrogen-bond acceptors (Lipinski definition) is 6. The van der Waals surface area contributed by atoms with Crippen LogP contribution in [-0.4, -0.2) is 42.1 Å². The number of nitrogens with zero attached hydrogens (tertiary/aromatic N) is 1. The molecule has 0 radical (unpaired) electrons. The third-order valence-electron chi connectivity index (χ3n) is 2.27. The Labute approximate surface area is 126 Å². The number of esters is 2. The minimum Gasteiger partial charge on any atom is -0.464 e. The molecule has 0 aromatic carbocycles. The number of carbonyl (C=O) groups is 3. The van der Waals surface area contributed by atoms with Crippen LogP contribution in [-0.2, 0) is 19.1 Å². The predicted molar refractivity (Wildman–Crippen MR) is 73.8 cm³/mol. The standard InChI is InChI=1S/C13H15ClN2O5/c1-3-20-12(18)10(13(19)21-4-2)16-11(17)9-7-8(14)5-6-15-9/h5-7,10H,3-4H2,1-2H3,(H,16,17). The minimum atomic E-state index is -1.54. The number of hydrogen-bond donors (Lipinski definition) is 1. The van der Waals surface area contributed by atoms with Gasteiger partial charge in [0.2, 0.25) is 6.04 Å². The van der Waals surface area contributed by atoms with E-state index in [0.29, 0.717) is 5.02 Å². The van der Waals surface area contributed by atoms with Crippen molar-refractivity contribution in [2.45, 2.75) is 19.9 Å². The number of rotatable bonds is 6. The van der Waals surface area contributed by atoms with Crippen LogP contribution in [0.5, 0.6) is 0 Å². The van der Waals surface area contributed by atoms with E-state index in [4.69, 9.17) is 21.1 Å². The summed E-state index contributed by atoms with van der Waals surface area (Å²) in [5.74, 6) is -2.53. The summed E-state index contributed by atoms with van der Waals surface area (Å²) in [7, 11) is 0. The lowest BCUT2D eigenvalue weighted by molar-refractivity contribution is -0.157. The number of nitrogens with one attached hydrogen (secondary N) is 1. The first-order chi connectivity index (χ1) is 9.99. The van der Waals surface area contributed by atoms with Crippen molar-refractivity contribution in [1.29, 1.82) is 0 Å². The van der Waals surface area contributed by atoms with Crippen LogP contribution >= 0.6 is 11.6 Å². The molecule has 0 saturated carbocycles. The summed E-state index contributed by atoms with van der Waals surface area (Å²) in [6.07, 6.45) is 1.33. The molecule has 0 aliphatic carbocycles. The van der Waals surface area contributed by atoms with Crippen molar-refractivity contribution in [2.24, 2.45) is 0 Å². The fourth-order valence-corrected chi connectivity index (χ4v) is 1.56. The van der Waals surface area contributed by atoms with Gasteiger partial charge in [0.1, 0.15) is 5.69 Å². The maximum Gasteiger partial charge on any atom is 0.340 e. The predicted octanol–water partition coefficient (Wildman–Crippen LogP) is 0.960. The highest BCUT2D eigenvalue weighted by molar-refractivity contribution is 6.30. The van der Waals surface area contributed by atoms with E-state index in [0.717, 1.165) is 0 Å². The zero-order valence-corrected chi connectivity index (χ0v) is 12.3. The average Bonchev–Trinajstić information content (AvgIpc) is 2.44. The molecule has 0 fully saturated rings. The number of ether oxygens (including phenoxy) is 2. The Morgan fingerprint density at radius 2 is 1.81 bits per heavy atom. The Bertz CT molecular complexity index is 517. The van der Waals surface area contributed by atoms with Gasteiger partial charge in [0.05, 0.1) is 13.2 Å². The third kappa shape index (κ3) is 5.03. The van der Waals surface area contributed by atoms with Crippen LogP contribution in [0.3, 0.4) is 0 Å². The molecule has 0 spiro atoms. The van der Waals surface area contributed by atoms with Crippen molar-refractivity contribution in [1.82, 2.24) is 10.3 Å². The minimum absolute atomic E-state index is 0.0268. The van der Waals surface area contributed by atoms with Crippen molar-refractivity contribution in [3.8, 4) is 0 Å². The molecule has 8 heteroatoms. The SMILES string of the molecule is CCOC(=O)C(NC(=O)c1cc(Cl)ccn1)C(=O)OCC. The summed E-state index contributed by atoms with van der Waals surface area (Å²) in [4.78, 5) is 39.2. The van der Waals surface area contributed by atoms with Gasteiger partial charge in [-0.25, -0.2) is 9.59 Å². The first kappa shape index (κ1) is 16.9. The van der Waals surface area contributed by atoms with E-state index in [1.165, 1.54) is 18.3 Å². The van der Waals surface area contributed by atoms with E-state index in [-0.39, 0.29) is 18.9 Å². The van der Waals surface area contributed by atoms with Gasteiger partial charge in [0, 0.05) is 11.2 Å². The molecule has 1 amide bonds. The lowest BCUT2D eigenvalue weighted by atomic mass is 10.2. The Morgan fingerprint density at radius 3 is 2.29 bits per heavy atom. The number of amides is 1. The molecule has 1 N–H and O–H groups in total. The second kappa shape index (κ2) is 8.21. The van der Waals surface area contributed by atoms with Crippen molar-refractivity contribution in [2.75, 3.05) is 13.2 Å². The summed E-state index contributed by atoms with van der Waals surface area (Å²) in [6, 6.07) is 1.26. The lowest BCUT2D eigenvalue weighted by Crippen LogP contribution is -2.48. The third-order valence-corrected chi connectivity index (χ3v) is 2.51. The van der Waals surface area contributed by atoms with E-state index < -0.39 is 23.9 Å². The van der Waals surface area contributed by atoms with Gasteiger partial charge >= 0.3 is 11.9 Å². The van der Waals surface area contributed by atoms with Crippen molar-refractivity contribution in [3.63, 3.8) is 0 Å². The molecular weight excluding hydrogens is 300 g/mol. The molecule has 0 aliphatic rings. The highest BCUT2D eigenvalue weighted by Crippen LogP contribution is 2.08. The molecule has 7 nitrogen and oxygen atoms in total. The Kier molecular flexibility index (Phi) is 6.61. The van der Waals surface area contributed by atoms with Gasteiger partial charge < -0.3 is 14.8 Å². The first-order valence-electron chi connectivity index (χ1n) is 6.25. The van der Waals surface area contributed by atoms with Crippen LogP contribution in [0, 0.1) is 0 Å². The zero-order valence-electron chi connectivity index (χ0n) is 11.6. The van der Waals surface area contributed by atoms with Gasteiger partial charge in [-0.3, -0.25) is 9.78 Å². The maximum atomic E-state index is 12.0. The molecule has 21 heavy (non-hydrogen) atoms. The second-order valence-electron chi connectivity index (χ2n) is 3.77. The molecule has 114 valence electrons. The highest BCUT2D eigenvalue weighted by atomic mass is 35.5. The molecule has 0 bridgehead atoms. The van der Waals surface area contributed by atoms with Crippen LogP contribution in [0.15, 0.2) is 18.3 Å². The summed E-state index contributed by atoms with van der Waals surface area (Å²) < 4.78 is 9.46. The number of carbonyl (C=O) groups excluding carboxylic acids is 3. The van der Waals surface area contributed by atoms with Crippen molar-refractivity contribution < 1.29 is 23.9 Å². The molecule has 0 aliphatic heterocycles. The summed E-state index contributed by atoms with van der Waals surface area (Å²) in [6.45, 7) is 3.31. The monoisotopic (exact) mass is 314 g/mol. The highest BCUT2D eigenvalue weighted by Gasteiger charge is 2.31. The smallest absolute Gasteiger partial charge is 0.340 e. The summed E-state index contributed by atoms with van der Waals surface area (Å²) >= 11 is 5.75. The number of aromatic nitrogens is 1. The molecule has 1 rings (SSSR count). The Hall–Kier alpha value is -2.15. The van der Waals surface area contributed by atoms with Crippen molar-refractivity contribution >= 4 is 29.4 Å². The first-order valence-corrected chi connectivity index (χ1v) is 6.63. The number of halogens is 1. The van der Waals surface area contributed by atoms with Crippen LogP contribution in [0.25, 0.3) is 0 Å². The quantitative estimate of drug-likeness (QED) is 0.621. The molecule has 0 saturated heterocycles. The van der Waals surface area contributed by atoms with E-state index in [9.17, 15) is 14.4 Å².